The van der Waals surface area contributed by atoms with Crippen molar-refractivity contribution in [2.45, 2.75) is 6.92 Å². The number of rotatable bonds is 2. The molecule has 0 aliphatic carbocycles. The van der Waals surface area contributed by atoms with Crippen LogP contribution in [-0.4, -0.2) is 25.1 Å². The highest BCUT2D eigenvalue weighted by Gasteiger charge is 1.99. The van der Waals surface area contributed by atoms with Gasteiger partial charge in [-0.2, -0.15) is 0 Å². The monoisotopic (exact) mass is 261 g/mol. The van der Waals surface area contributed by atoms with Crippen LogP contribution in [-0.2, 0) is 9.09 Å². The maximum absolute atomic E-state index is 10.8. The summed E-state index contributed by atoms with van der Waals surface area (Å²) in [6.07, 6.45) is -0.444. The van der Waals surface area contributed by atoms with E-state index in [1.807, 2.05) is 19.1 Å². The molecule has 17 heavy (non-hydrogen) atoms. The van der Waals surface area contributed by atoms with Crippen molar-refractivity contribution in [3.05, 3.63) is 29.8 Å². The van der Waals surface area contributed by atoms with Crippen molar-refractivity contribution < 1.29 is 23.5 Å². The van der Waals surface area contributed by atoms with Gasteiger partial charge in [0.15, 0.2) is 0 Å². The van der Waals surface area contributed by atoms with E-state index >= 15 is 0 Å². The summed E-state index contributed by atoms with van der Waals surface area (Å²) in [5, 5.41) is 2.37. The van der Waals surface area contributed by atoms with Gasteiger partial charge >= 0.3 is 14.3 Å². The first-order valence-corrected chi connectivity index (χ1v) is 5.99. The van der Waals surface area contributed by atoms with Gasteiger partial charge in [-0.3, -0.25) is 4.57 Å². The Kier molecular flexibility index (Phi) is 8.05. The minimum absolute atomic E-state index is 0.444. The quantitative estimate of drug-likeness (QED) is 0.792. The van der Waals surface area contributed by atoms with Gasteiger partial charge in [0.25, 0.3) is 0 Å². The molecule has 0 saturated carbocycles. The highest BCUT2D eigenvalue weighted by atomic mass is 31.1. The van der Waals surface area contributed by atoms with Crippen molar-refractivity contribution in [2.75, 3.05) is 14.2 Å². The summed E-state index contributed by atoms with van der Waals surface area (Å²) in [6, 6.07) is 7.32. The summed E-state index contributed by atoms with van der Waals surface area (Å²) >= 11 is 0. The van der Waals surface area contributed by atoms with Crippen molar-refractivity contribution in [1.29, 1.82) is 0 Å². The second kappa shape index (κ2) is 8.75. The van der Waals surface area contributed by atoms with Crippen LogP contribution in [0.25, 0.3) is 0 Å². The molecule has 0 saturated heterocycles. The molecule has 1 aromatic rings. The number of hydrogen-bond acceptors (Lipinski definition) is 4. The number of aryl methyl sites for hydroxylation is 1. The molecule has 1 amide bonds. The smallest absolute Gasteiger partial charge is 0.410 e. The van der Waals surface area contributed by atoms with Crippen molar-refractivity contribution in [1.82, 2.24) is 5.32 Å². The maximum Gasteiger partial charge on any atom is 0.412 e. The lowest BCUT2D eigenvalue weighted by molar-refractivity contribution is 0.203. The summed E-state index contributed by atoms with van der Waals surface area (Å²) in [6.45, 7) is 1.94. The largest absolute Gasteiger partial charge is 0.412 e. The molecule has 0 aliphatic heterocycles. The van der Waals surface area contributed by atoms with E-state index in [-0.39, 0.29) is 0 Å². The normalized spacial score (nSPS) is 10.8. The summed E-state index contributed by atoms with van der Waals surface area (Å²) in [4.78, 5) is 18.4. The van der Waals surface area contributed by atoms with E-state index < -0.39 is 14.3 Å². The molecule has 6 nitrogen and oxygen atoms in total. The van der Waals surface area contributed by atoms with Gasteiger partial charge in [0.05, 0.1) is 0 Å². The Bertz CT molecular complexity index is 383. The molecule has 0 fully saturated rings. The van der Waals surface area contributed by atoms with Crippen LogP contribution in [0.3, 0.4) is 0 Å². The van der Waals surface area contributed by atoms with Crippen molar-refractivity contribution in [3.63, 3.8) is 0 Å². The first kappa shape index (κ1) is 15.6. The fraction of sp³-hybridized carbons (Fsp3) is 0.300. The van der Waals surface area contributed by atoms with Crippen LogP contribution in [0.2, 0.25) is 0 Å². The zero-order valence-electron chi connectivity index (χ0n) is 9.89. The standard InChI is InChI=1S/C9H11NO2.CH5O3P/c1-7-4-3-5-8(6-7)12-9(11)10-2;1-4-5(2)3/h3-6H,1-2H3,(H,10,11);5H,1H3,(H,2,3). The Labute approximate surface area is 101 Å². The number of nitrogens with one attached hydrogen (secondary N) is 1. The van der Waals surface area contributed by atoms with Gasteiger partial charge in [-0.1, -0.05) is 12.1 Å². The second-order valence-corrected chi connectivity index (χ2v) is 3.87. The first-order valence-electron chi connectivity index (χ1n) is 4.72. The fourth-order valence-corrected chi connectivity index (χ4v) is 0.837. The predicted molar refractivity (Wildman–Crippen MR) is 64.5 cm³/mol. The summed E-state index contributed by atoms with van der Waals surface area (Å²) in [5.41, 5.74) is 1.07. The molecule has 1 aromatic carbocycles. The van der Waals surface area contributed by atoms with E-state index in [9.17, 15) is 9.36 Å². The third-order valence-corrected chi connectivity index (χ3v) is 1.93. The van der Waals surface area contributed by atoms with Crippen LogP contribution in [0.4, 0.5) is 4.79 Å². The highest BCUT2D eigenvalue weighted by molar-refractivity contribution is 7.32. The van der Waals surface area contributed by atoms with Gasteiger partial charge < -0.3 is 19.5 Å². The minimum atomic E-state index is -2.62. The third-order valence-electron chi connectivity index (χ3n) is 1.58. The van der Waals surface area contributed by atoms with E-state index in [2.05, 4.69) is 9.84 Å². The average Bonchev–Trinajstić information content (AvgIpc) is 2.29. The topological polar surface area (TPSA) is 84.9 Å². The number of benzene rings is 1. The van der Waals surface area contributed by atoms with Gasteiger partial charge in [-0.25, -0.2) is 4.79 Å². The van der Waals surface area contributed by atoms with Crippen molar-refractivity contribution in [3.8, 4) is 5.75 Å². The molecule has 2 N–H and O–H groups in total. The Morgan fingerprint density at radius 2 is 2.06 bits per heavy atom. The number of carbonyl (C=O) groups excluding carboxylic acids is 1. The molecule has 1 atom stereocenters. The summed E-state index contributed by atoms with van der Waals surface area (Å²) in [7, 11) is 0.0838. The highest BCUT2D eigenvalue weighted by Crippen LogP contribution is 2.12. The van der Waals surface area contributed by atoms with Crippen molar-refractivity contribution in [2.24, 2.45) is 0 Å². The van der Waals surface area contributed by atoms with E-state index in [4.69, 9.17) is 9.63 Å². The van der Waals surface area contributed by atoms with E-state index in [1.165, 1.54) is 14.2 Å². The molecule has 0 spiro atoms. The number of hydrogen-bond donors (Lipinski definition) is 2. The Balaban J connectivity index is 0.000000437. The minimum Gasteiger partial charge on any atom is -0.410 e. The third kappa shape index (κ3) is 8.45. The lowest BCUT2D eigenvalue weighted by Gasteiger charge is -2.02. The molecular formula is C10H16NO5P. The van der Waals surface area contributed by atoms with E-state index in [0.717, 1.165) is 5.56 Å². The molecule has 0 bridgehead atoms. The molecule has 0 heterocycles. The van der Waals surface area contributed by atoms with Gasteiger partial charge in [-0.15, -0.1) is 0 Å². The van der Waals surface area contributed by atoms with E-state index in [0.29, 0.717) is 5.75 Å². The van der Waals surface area contributed by atoms with Crippen LogP contribution < -0.4 is 10.1 Å². The first-order chi connectivity index (χ1) is 7.99. The number of carbonyl (C=O) groups is 1. The summed E-state index contributed by atoms with van der Waals surface area (Å²) < 4.78 is 18.1. The molecule has 1 rings (SSSR count). The molecule has 0 radical (unpaired) electrons. The zero-order valence-corrected chi connectivity index (χ0v) is 10.9. The lowest BCUT2D eigenvalue weighted by Crippen LogP contribution is -2.21. The number of ether oxygens (including phenoxy) is 1. The Hall–Kier alpha value is -1.36. The molecule has 0 aliphatic rings. The maximum atomic E-state index is 10.8. The molecular weight excluding hydrogens is 245 g/mol. The number of amides is 1. The average molecular weight is 261 g/mol. The van der Waals surface area contributed by atoms with Crippen LogP contribution in [0, 0.1) is 6.92 Å². The molecule has 96 valence electrons. The molecule has 7 heteroatoms. The Morgan fingerprint density at radius 3 is 2.47 bits per heavy atom. The molecule has 1 unspecified atom stereocenters. The van der Waals surface area contributed by atoms with Crippen molar-refractivity contribution >= 4 is 14.3 Å². The lowest BCUT2D eigenvalue weighted by atomic mass is 10.2. The molecule has 0 aromatic heterocycles. The second-order valence-electron chi connectivity index (χ2n) is 2.93. The van der Waals surface area contributed by atoms with Crippen LogP contribution in [0.1, 0.15) is 5.56 Å². The summed E-state index contributed by atoms with van der Waals surface area (Å²) in [5.74, 6) is 0.564. The van der Waals surface area contributed by atoms with Gasteiger partial charge in [0, 0.05) is 14.2 Å². The Morgan fingerprint density at radius 1 is 1.47 bits per heavy atom. The van der Waals surface area contributed by atoms with Crippen LogP contribution >= 0.6 is 8.25 Å². The van der Waals surface area contributed by atoms with Gasteiger partial charge in [0.1, 0.15) is 5.75 Å². The fourth-order valence-electron chi connectivity index (χ4n) is 0.837. The van der Waals surface area contributed by atoms with Crippen LogP contribution in [0.5, 0.6) is 5.75 Å². The zero-order chi connectivity index (χ0) is 13.3. The van der Waals surface area contributed by atoms with Gasteiger partial charge in [-0.05, 0) is 24.6 Å². The van der Waals surface area contributed by atoms with Gasteiger partial charge in [0.2, 0.25) is 0 Å². The predicted octanol–water partition coefficient (Wildman–Crippen LogP) is 1.73. The SMILES string of the molecule is CNC(=O)Oc1cccc(C)c1.CO[PH](=O)O. The van der Waals surface area contributed by atoms with Crippen LogP contribution in [0.15, 0.2) is 24.3 Å². The van der Waals surface area contributed by atoms with E-state index in [1.54, 1.807) is 12.1 Å².